The van der Waals surface area contributed by atoms with Crippen LogP contribution in [0.5, 0.6) is 0 Å². The zero-order valence-electron chi connectivity index (χ0n) is 19.8. The minimum absolute atomic E-state index is 0.0169. The monoisotopic (exact) mass is 415 g/mol. The minimum Gasteiger partial charge on any atom is -0.460 e. The van der Waals surface area contributed by atoms with E-state index in [1.807, 2.05) is 41.5 Å². The van der Waals surface area contributed by atoms with Crippen LogP contribution in [0.25, 0.3) is 0 Å². The second kappa shape index (κ2) is 11.4. The first-order valence-corrected chi connectivity index (χ1v) is 10.5. The Balaban J connectivity index is 5.10. The van der Waals surface area contributed by atoms with Gasteiger partial charge in [0.2, 0.25) is 0 Å². The average molecular weight is 416 g/mol. The number of carbonyl (C=O) groups excluding carboxylic acids is 3. The molecule has 0 radical (unpaired) electrons. The number of amides is 1. The summed E-state index contributed by atoms with van der Waals surface area (Å²) in [5.74, 6) is -1.00. The molecular formula is C22H41NO6. The van der Waals surface area contributed by atoms with E-state index in [-0.39, 0.29) is 12.8 Å². The lowest BCUT2D eigenvalue weighted by Gasteiger charge is -2.29. The van der Waals surface area contributed by atoms with Crippen LogP contribution >= 0.6 is 0 Å². The summed E-state index contributed by atoms with van der Waals surface area (Å²) in [6, 6.07) is -0.997. The van der Waals surface area contributed by atoms with Crippen LogP contribution < -0.4 is 5.32 Å². The summed E-state index contributed by atoms with van der Waals surface area (Å²) < 4.78 is 16.3. The Morgan fingerprint density at radius 2 is 1.28 bits per heavy atom. The van der Waals surface area contributed by atoms with E-state index in [1.165, 1.54) is 0 Å². The van der Waals surface area contributed by atoms with E-state index >= 15 is 0 Å². The van der Waals surface area contributed by atoms with Gasteiger partial charge >= 0.3 is 18.0 Å². The highest BCUT2D eigenvalue weighted by atomic mass is 16.6. The summed E-state index contributed by atoms with van der Waals surface area (Å²) in [5.41, 5.74) is -1.93. The molecule has 0 aromatic carbocycles. The standard InChI is InChI=1S/C22H41NO6/c1-10-14-21(6,7)27-17(24)13-12-16(23-19(26)29-20(3,4)5)18(25)28-22(8,9)15-11-2/h16H,10-15H2,1-9H3,(H,23,26). The van der Waals surface area contributed by atoms with Crippen molar-refractivity contribution in [2.24, 2.45) is 0 Å². The predicted octanol–water partition coefficient (Wildman–Crippen LogP) is 4.90. The van der Waals surface area contributed by atoms with Crippen LogP contribution in [0.1, 0.15) is 101 Å². The molecule has 1 atom stereocenters. The van der Waals surface area contributed by atoms with Crippen LogP contribution in [0.4, 0.5) is 4.79 Å². The third kappa shape index (κ3) is 13.1. The third-order valence-electron chi connectivity index (χ3n) is 4.08. The smallest absolute Gasteiger partial charge is 0.408 e. The summed E-state index contributed by atoms with van der Waals surface area (Å²) in [5, 5.41) is 2.54. The highest BCUT2D eigenvalue weighted by Gasteiger charge is 2.31. The number of ether oxygens (including phenoxy) is 3. The lowest BCUT2D eigenvalue weighted by Crippen LogP contribution is -2.46. The molecule has 7 nitrogen and oxygen atoms in total. The number of hydrogen-bond donors (Lipinski definition) is 1. The van der Waals surface area contributed by atoms with Crippen molar-refractivity contribution in [3.05, 3.63) is 0 Å². The largest absolute Gasteiger partial charge is 0.460 e. The topological polar surface area (TPSA) is 90.9 Å². The van der Waals surface area contributed by atoms with Gasteiger partial charge in [0.05, 0.1) is 0 Å². The van der Waals surface area contributed by atoms with Gasteiger partial charge < -0.3 is 19.5 Å². The maximum absolute atomic E-state index is 12.7. The van der Waals surface area contributed by atoms with Crippen LogP contribution in [-0.4, -0.2) is 40.9 Å². The number of rotatable bonds is 11. The van der Waals surface area contributed by atoms with Crippen LogP contribution in [0.3, 0.4) is 0 Å². The minimum atomic E-state index is -0.997. The SMILES string of the molecule is CCCC(C)(C)OC(=O)CCC(NC(=O)OC(C)(C)C)C(=O)OC(C)(C)CCC. The molecule has 0 saturated heterocycles. The van der Waals surface area contributed by atoms with Crippen molar-refractivity contribution in [1.29, 1.82) is 0 Å². The van der Waals surface area contributed by atoms with Gasteiger partial charge in [-0.15, -0.1) is 0 Å². The molecule has 1 unspecified atom stereocenters. The lowest BCUT2D eigenvalue weighted by atomic mass is 10.0. The molecule has 0 rings (SSSR count). The summed E-state index contributed by atoms with van der Waals surface area (Å²) in [7, 11) is 0. The molecule has 0 aromatic heterocycles. The molecule has 0 spiro atoms. The Morgan fingerprint density at radius 1 is 0.793 bits per heavy atom. The molecular weight excluding hydrogens is 374 g/mol. The Hall–Kier alpha value is -1.79. The van der Waals surface area contributed by atoms with Crippen molar-refractivity contribution in [2.75, 3.05) is 0 Å². The summed E-state index contributed by atoms with van der Waals surface area (Å²) in [4.78, 5) is 37.1. The van der Waals surface area contributed by atoms with E-state index in [2.05, 4.69) is 5.32 Å². The molecule has 0 aliphatic heterocycles. The average Bonchev–Trinajstić information content (AvgIpc) is 2.48. The Bertz CT molecular complexity index is 548. The van der Waals surface area contributed by atoms with Crippen molar-refractivity contribution in [2.45, 2.75) is 124 Å². The van der Waals surface area contributed by atoms with Crippen molar-refractivity contribution in [3.8, 4) is 0 Å². The molecule has 170 valence electrons. The molecule has 7 heteroatoms. The molecule has 1 amide bonds. The number of nitrogens with one attached hydrogen (secondary N) is 1. The first-order valence-electron chi connectivity index (χ1n) is 10.5. The second-order valence-electron chi connectivity index (χ2n) is 9.65. The normalized spacial score (nSPS) is 13.4. The highest BCUT2D eigenvalue weighted by Crippen LogP contribution is 2.20. The van der Waals surface area contributed by atoms with Crippen LogP contribution in [0, 0.1) is 0 Å². The molecule has 0 aliphatic rings. The van der Waals surface area contributed by atoms with Gasteiger partial charge in [0.25, 0.3) is 0 Å². The first kappa shape index (κ1) is 27.2. The van der Waals surface area contributed by atoms with Gasteiger partial charge in [0.1, 0.15) is 22.8 Å². The highest BCUT2D eigenvalue weighted by molar-refractivity contribution is 5.82. The van der Waals surface area contributed by atoms with Crippen molar-refractivity contribution in [1.82, 2.24) is 5.32 Å². The Kier molecular flexibility index (Phi) is 10.7. The number of hydrogen-bond acceptors (Lipinski definition) is 6. The molecule has 0 aliphatic carbocycles. The molecule has 0 saturated carbocycles. The van der Waals surface area contributed by atoms with Gasteiger partial charge in [0, 0.05) is 6.42 Å². The third-order valence-corrected chi connectivity index (χ3v) is 4.08. The number of esters is 2. The molecule has 0 bridgehead atoms. The van der Waals surface area contributed by atoms with Crippen molar-refractivity contribution < 1.29 is 28.6 Å². The predicted molar refractivity (Wildman–Crippen MR) is 113 cm³/mol. The van der Waals surface area contributed by atoms with Crippen molar-refractivity contribution >= 4 is 18.0 Å². The quantitative estimate of drug-likeness (QED) is 0.381. The number of carbonyl (C=O) groups is 3. The van der Waals surface area contributed by atoms with Crippen LogP contribution in [-0.2, 0) is 23.8 Å². The van der Waals surface area contributed by atoms with Gasteiger partial charge in [-0.25, -0.2) is 9.59 Å². The van der Waals surface area contributed by atoms with Gasteiger partial charge in [0.15, 0.2) is 0 Å². The zero-order chi connectivity index (χ0) is 22.9. The van der Waals surface area contributed by atoms with Gasteiger partial charge in [-0.3, -0.25) is 4.79 Å². The lowest BCUT2D eigenvalue weighted by molar-refractivity contribution is -0.161. The fourth-order valence-electron chi connectivity index (χ4n) is 2.97. The van der Waals surface area contributed by atoms with Crippen molar-refractivity contribution in [3.63, 3.8) is 0 Å². The van der Waals surface area contributed by atoms with Gasteiger partial charge in [-0.05, 0) is 67.7 Å². The molecule has 29 heavy (non-hydrogen) atoms. The second-order valence-corrected chi connectivity index (χ2v) is 9.65. The van der Waals surface area contributed by atoms with E-state index in [1.54, 1.807) is 20.8 Å². The maximum atomic E-state index is 12.7. The van der Waals surface area contributed by atoms with E-state index in [4.69, 9.17) is 14.2 Å². The van der Waals surface area contributed by atoms with E-state index in [0.717, 1.165) is 19.3 Å². The van der Waals surface area contributed by atoms with E-state index in [9.17, 15) is 14.4 Å². The Labute approximate surface area is 176 Å². The molecule has 0 heterocycles. The maximum Gasteiger partial charge on any atom is 0.408 e. The van der Waals surface area contributed by atoms with Crippen LogP contribution in [0.2, 0.25) is 0 Å². The first-order chi connectivity index (χ1) is 13.1. The van der Waals surface area contributed by atoms with E-state index in [0.29, 0.717) is 6.42 Å². The summed E-state index contributed by atoms with van der Waals surface area (Å²) in [6.07, 6.45) is 2.49. The molecule has 0 aromatic rings. The zero-order valence-corrected chi connectivity index (χ0v) is 19.8. The molecule has 0 fully saturated rings. The van der Waals surface area contributed by atoms with E-state index < -0.39 is 40.9 Å². The fourth-order valence-corrected chi connectivity index (χ4v) is 2.97. The summed E-state index contributed by atoms with van der Waals surface area (Å²) in [6.45, 7) is 16.6. The Morgan fingerprint density at radius 3 is 1.72 bits per heavy atom. The fraction of sp³-hybridized carbons (Fsp3) is 0.864. The van der Waals surface area contributed by atoms with Crippen LogP contribution in [0.15, 0.2) is 0 Å². The molecule has 1 N–H and O–H groups in total. The summed E-state index contributed by atoms with van der Waals surface area (Å²) >= 11 is 0. The number of alkyl carbamates (subject to hydrolysis) is 1. The van der Waals surface area contributed by atoms with Gasteiger partial charge in [-0.1, -0.05) is 26.7 Å². The van der Waals surface area contributed by atoms with Gasteiger partial charge in [-0.2, -0.15) is 0 Å².